The molecule has 0 aliphatic heterocycles. The highest BCUT2D eigenvalue weighted by Crippen LogP contribution is 2.33. The molecule has 280 valence electrons. The second kappa shape index (κ2) is 18.4. The number of halogens is 1. The molecule has 0 saturated heterocycles. The van der Waals surface area contributed by atoms with E-state index in [1.54, 1.807) is 41.5 Å². The number of anilines is 2. The number of nitrogens with one attached hydrogen (secondary N) is 5. The number of carbonyl (C=O) groups excluding carboxylic acids is 3. The van der Waals surface area contributed by atoms with Crippen LogP contribution in [-0.4, -0.2) is 70.9 Å². The lowest BCUT2D eigenvalue weighted by Crippen LogP contribution is -2.44. The summed E-state index contributed by atoms with van der Waals surface area (Å²) in [6.07, 6.45) is 5.63. The molecule has 3 amide bonds. The molecule has 3 rings (SSSR count). The second-order valence-electron chi connectivity index (χ2n) is 13.9. The quantitative estimate of drug-likeness (QED) is 0.0952. The summed E-state index contributed by atoms with van der Waals surface area (Å²) in [5.74, 6) is -0.362. The Morgan fingerprint density at radius 2 is 1.55 bits per heavy atom. The Balaban J connectivity index is 1.48. The van der Waals surface area contributed by atoms with Crippen molar-refractivity contribution >= 4 is 53.2 Å². The predicted molar refractivity (Wildman–Crippen MR) is 196 cm³/mol. The van der Waals surface area contributed by atoms with Crippen molar-refractivity contribution in [3.8, 4) is 5.75 Å². The van der Waals surface area contributed by atoms with Gasteiger partial charge in [0.25, 0.3) is 5.91 Å². The molecule has 51 heavy (non-hydrogen) atoms. The first-order valence-electron chi connectivity index (χ1n) is 17.0. The van der Waals surface area contributed by atoms with Gasteiger partial charge in [-0.1, -0.05) is 17.7 Å². The Bertz CT molecular complexity index is 1600. The van der Waals surface area contributed by atoms with Crippen molar-refractivity contribution in [2.45, 2.75) is 104 Å². The third-order valence-electron chi connectivity index (χ3n) is 7.21. The van der Waals surface area contributed by atoms with Crippen LogP contribution in [0, 0.1) is 5.41 Å². The van der Waals surface area contributed by atoms with E-state index in [9.17, 15) is 14.4 Å². The Labute approximate surface area is 303 Å². The first kappa shape index (κ1) is 40.6. The maximum Gasteiger partial charge on any atom is 0.437 e. The zero-order valence-electron chi connectivity index (χ0n) is 30.3. The van der Waals surface area contributed by atoms with Gasteiger partial charge in [-0.25, -0.2) is 19.6 Å². The van der Waals surface area contributed by atoms with E-state index in [0.717, 1.165) is 50.7 Å². The molecule has 0 saturated carbocycles. The highest BCUT2D eigenvalue weighted by atomic mass is 35.5. The van der Waals surface area contributed by atoms with Gasteiger partial charge in [-0.15, -0.1) is 4.99 Å². The Hall–Kier alpha value is -4.86. The van der Waals surface area contributed by atoms with Crippen LogP contribution in [0.5, 0.6) is 5.75 Å². The number of nitrogen functional groups attached to an aromatic ring is 2. The number of aryl methyl sites for hydroxylation is 1. The van der Waals surface area contributed by atoms with Gasteiger partial charge in [0.1, 0.15) is 17.0 Å². The number of rotatable bonds is 11. The van der Waals surface area contributed by atoms with E-state index in [1.807, 2.05) is 6.07 Å². The van der Waals surface area contributed by atoms with Crippen LogP contribution in [-0.2, 0) is 28.7 Å². The van der Waals surface area contributed by atoms with Crippen molar-refractivity contribution in [2.24, 2.45) is 4.99 Å². The molecule has 17 heteroatoms. The van der Waals surface area contributed by atoms with Crippen molar-refractivity contribution in [3.63, 3.8) is 0 Å². The molecule has 2 aromatic rings. The molecule has 1 heterocycles. The highest BCUT2D eigenvalue weighted by Gasteiger charge is 2.22. The van der Waals surface area contributed by atoms with Crippen molar-refractivity contribution in [2.75, 3.05) is 31.2 Å². The number of aliphatic imine (C=N–C) groups is 1. The summed E-state index contributed by atoms with van der Waals surface area (Å²) in [6.45, 7) is 11.6. The third-order valence-corrected chi connectivity index (χ3v) is 7.49. The lowest BCUT2D eigenvalue weighted by molar-refractivity contribution is 0.0560. The van der Waals surface area contributed by atoms with Crippen molar-refractivity contribution in [3.05, 3.63) is 39.7 Å². The van der Waals surface area contributed by atoms with E-state index in [4.69, 9.17) is 42.7 Å². The average molecular weight is 731 g/mol. The zero-order chi connectivity index (χ0) is 37.8. The van der Waals surface area contributed by atoms with Crippen molar-refractivity contribution in [1.82, 2.24) is 31.2 Å². The number of ether oxygens (including phenoxy) is 3. The van der Waals surface area contributed by atoms with Gasteiger partial charge in [0, 0.05) is 13.1 Å². The van der Waals surface area contributed by atoms with Gasteiger partial charge in [-0.2, -0.15) is 0 Å². The van der Waals surface area contributed by atoms with Gasteiger partial charge in [-0.05, 0) is 116 Å². The fourth-order valence-corrected chi connectivity index (χ4v) is 5.23. The van der Waals surface area contributed by atoms with E-state index >= 15 is 0 Å². The van der Waals surface area contributed by atoms with E-state index in [1.165, 1.54) is 16.7 Å². The summed E-state index contributed by atoms with van der Waals surface area (Å²) >= 11 is 5.84. The van der Waals surface area contributed by atoms with Crippen molar-refractivity contribution < 1.29 is 28.6 Å². The van der Waals surface area contributed by atoms with Crippen LogP contribution in [0.15, 0.2) is 17.1 Å². The standard InChI is InChI=1S/C34H51ClN10O6/c1-33(2,3)50-31(47)44-30(45-32(48)51-34(4,5)6)40-18-11-19-49-23-16-15-20(21-13-7-8-14-22(21)23)12-9-10-17-39-29(38)43-28(46)24-26(36)42-27(37)25(35)41-24/h15-16H,7-14,17-19H2,1-6H3,(H4,36,37,42)(H3,38,39,43,46)(H2,40,44,45,47,48). The van der Waals surface area contributed by atoms with Gasteiger partial charge < -0.3 is 36.3 Å². The smallest absolute Gasteiger partial charge is 0.437 e. The van der Waals surface area contributed by atoms with E-state index in [-0.39, 0.29) is 34.4 Å². The Morgan fingerprint density at radius 3 is 2.24 bits per heavy atom. The molecule has 16 nitrogen and oxygen atoms in total. The largest absolute Gasteiger partial charge is 0.493 e. The Morgan fingerprint density at radius 1 is 0.882 bits per heavy atom. The summed E-state index contributed by atoms with van der Waals surface area (Å²) < 4.78 is 16.8. The molecule has 1 aromatic carbocycles. The van der Waals surface area contributed by atoms with Crippen LogP contribution in [0.25, 0.3) is 0 Å². The minimum Gasteiger partial charge on any atom is -0.493 e. The SMILES string of the molecule is CC(C)(C)OC(=O)/N=C(\NCCCOc1ccc(CCCCNC(=N)NC(=O)c2nc(Cl)c(N)nc2N)c2c1CCCC2)NC(=O)OC(C)(C)C. The number of hydrogen-bond donors (Lipinski definition) is 7. The molecular formula is C34H51ClN10O6. The monoisotopic (exact) mass is 730 g/mol. The van der Waals surface area contributed by atoms with Crippen LogP contribution in [0.1, 0.15) is 101 Å². The average Bonchev–Trinajstić information content (AvgIpc) is 3.01. The number of alkyl carbamates (subject to hydrolysis) is 1. The summed E-state index contributed by atoms with van der Waals surface area (Å²) in [7, 11) is 0. The molecule has 1 aliphatic rings. The lowest BCUT2D eigenvalue weighted by Gasteiger charge is -2.23. The van der Waals surface area contributed by atoms with Gasteiger partial charge in [-0.3, -0.25) is 20.8 Å². The summed E-state index contributed by atoms with van der Waals surface area (Å²) in [5.41, 5.74) is 13.4. The summed E-state index contributed by atoms with van der Waals surface area (Å²) in [6, 6.07) is 4.14. The fraction of sp³-hybridized carbons (Fsp3) is 0.559. The summed E-state index contributed by atoms with van der Waals surface area (Å²) in [4.78, 5) is 48.6. The maximum absolute atomic E-state index is 12.4. The third kappa shape index (κ3) is 14.1. The fourth-order valence-electron chi connectivity index (χ4n) is 5.11. The number of unbranched alkanes of at least 4 members (excludes halogenated alkanes) is 1. The van der Waals surface area contributed by atoms with E-state index in [2.05, 4.69) is 42.3 Å². The molecule has 0 unspecified atom stereocenters. The van der Waals surface area contributed by atoms with Crippen LogP contribution < -0.4 is 37.5 Å². The van der Waals surface area contributed by atoms with Crippen LogP contribution in [0.4, 0.5) is 21.2 Å². The number of guanidine groups is 2. The van der Waals surface area contributed by atoms with Crippen LogP contribution in [0.3, 0.4) is 0 Å². The van der Waals surface area contributed by atoms with Gasteiger partial charge in [0.05, 0.1) is 6.61 Å². The number of fused-ring (bicyclic) bond motifs is 1. The number of benzene rings is 1. The summed E-state index contributed by atoms with van der Waals surface area (Å²) in [5, 5.41) is 18.6. The number of aromatic nitrogens is 2. The number of carbonyl (C=O) groups is 3. The Kier molecular flexibility index (Phi) is 14.6. The molecular weight excluding hydrogens is 680 g/mol. The first-order valence-corrected chi connectivity index (χ1v) is 17.3. The number of amides is 3. The van der Waals surface area contributed by atoms with Crippen LogP contribution >= 0.6 is 11.6 Å². The first-order chi connectivity index (χ1) is 23.9. The van der Waals surface area contributed by atoms with E-state index < -0.39 is 29.3 Å². The maximum atomic E-state index is 12.4. The number of nitrogens with zero attached hydrogens (tertiary/aromatic N) is 3. The molecule has 1 aliphatic carbocycles. The van der Waals surface area contributed by atoms with Crippen molar-refractivity contribution in [1.29, 1.82) is 5.41 Å². The van der Waals surface area contributed by atoms with E-state index in [0.29, 0.717) is 26.1 Å². The number of hydrogen-bond acceptors (Lipinski definition) is 11. The number of nitrogens with two attached hydrogens (primary N) is 2. The molecule has 0 atom stereocenters. The molecule has 0 fully saturated rings. The molecule has 0 bridgehead atoms. The minimum absolute atomic E-state index is 0.0689. The van der Waals surface area contributed by atoms with Gasteiger partial charge >= 0.3 is 12.2 Å². The minimum atomic E-state index is -0.841. The molecule has 9 N–H and O–H groups in total. The molecule has 0 radical (unpaired) electrons. The van der Waals surface area contributed by atoms with Gasteiger partial charge in [0.15, 0.2) is 28.4 Å². The van der Waals surface area contributed by atoms with Crippen LogP contribution in [0.2, 0.25) is 5.15 Å². The zero-order valence-corrected chi connectivity index (χ0v) is 31.0. The predicted octanol–water partition coefficient (Wildman–Crippen LogP) is 4.62. The molecule has 1 aromatic heterocycles. The topological polar surface area (TPSA) is 241 Å². The highest BCUT2D eigenvalue weighted by molar-refractivity contribution is 6.31. The second-order valence-corrected chi connectivity index (χ2v) is 14.3. The van der Waals surface area contributed by atoms with Gasteiger partial charge in [0.2, 0.25) is 5.96 Å². The lowest BCUT2D eigenvalue weighted by atomic mass is 9.86. The molecule has 0 spiro atoms. The normalized spacial score (nSPS) is 13.0.